The standard InChI is InChI=1S/C22H31NO3/c1-3-17(4-2)21(24)18-13-19-11-8-12-20(14-18)23(19)22(25)26-15-16-9-6-5-7-10-16/h5-7,9-10,17-20H,3-4,8,11-15H2,1-2H3. The average molecular weight is 357 g/mol. The van der Waals surface area contributed by atoms with Crippen molar-refractivity contribution in [1.29, 1.82) is 0 Å². The maximum absolute atomic E-state index is 12.8. The first-order valence-electron chi connectivity index (χ1n) is 10.2. The van der Waals surface area contributed by atoms with Gasteiger partial charge >= 0.3 is 6.09 Å². The van der Waals surface area contributed by atoms with Crippen LogP contribution in [-0.4, -0.2) is 28.9 Å². The molecule has 1 amide bonds. The molecule has 2 fully saturated rings. The van der Waals surface area contributed by atoms with Gasteiger partial charge in [-0.1, -0.05) is 44.2 Å². The van der Waals surface area contributed by atoms with Crippen LogP contribution in [0.1, 0.15) is 64.4 Å². The van der Waals surface area contributed by atoms with Crippen LogP contribution in [0.4, 0.5) is 4.79 Å². The van der Waals surface area contributed by atoms with Gasteiger partial charge in [0.1, 0.15) is 12.4 Å². The maximum Gasteiger partial charge on any atom is 0.410 e. The van der Waals surface area contributed by atoms with Crippen molar-refractivity contribution in [3.8, 4) is 0 Å². The van der Waals surface area contributed by atoms with E-state index in [0.29, 0.717) is 12.4 Å². The zero-order valence-electron chi connectivity index (χ0n) is 16.0. The van der Waals surface area contributed by atoms with Crippen LogP contribution in [0.25, 0.3) is 0 Å². The number of benzene rings is 1. The van der Waals surface area contributed by atoms with E-state index in [0.717, 1.165) is 50.5 Å². The first kappa shape index (κ1) is 18.9. The quantitative estimate of drug-likeness (QED) is 0.723. The van der Waals surface area contributed by atoms with Crippen molar-refractivity contribution < 1.29 is 14.3 Å². The number of piperidine rings is 2. The fraction of sp³-hybridized carbons (Fsp3) is 0.636. The van der Waals surface area contributed by atoms with Crippen LogP contribution >= 0.6 is 0 Å². The minimum atomic E-state index is -0.211. The Labute approximate surface area is 156 Å². The Balaban J connectivity index is 1.63. The second kappa shape index (κ2) is 8.70. The molecule has 4 nitrogen and oxygen atoms in total. The van der Waals surface area contributed by atoms with E-state index in [-0.39, 0.29) is 30.0 Å². The molecule has 0 aliphatic carbocycles. The Bertz CT molecular complexity index is 597. The molecule has 2 aliphatic heterocycles. The van der Waals surface area contributed by atoms with Crippen LogP contribution in [0, 0.1) is 11.8 Å². The minimum absolute atomic E-state index is 0.119. The number of carbonyl (C=O) groups is 2. The normalized spacial score (nSPS) is 25.2. The number of amides is 1. The van der Waals surface area contributed by atoms with Crippen LogP contribution in [-0.2, 0) is 16.1 Å². The summed E-state index contributed by atoms with van der Waals surface area (Å²) in [6.45, 7) is 4.51. The van der Waals surface area contributed by atoms with Gasteiger partial charge in [-0.05, 0) is 50.5 Å². The Morgan fingerprint density at radius 1 is 1.08 bits per heavy atom. The van der Waals surface area contributed by atoms with E-state index < -0.39 is 0 Å². The van der Waals surface area contributed by atoms with Gasteiger partial charge < -0.3 is 9.64 Å². The van der Waals surface area contributed by atoms with Gasteiger partial charge in [0.25, 0.3) is 0 Å². The molecule has 0 saturated carbocycles. The topological polar surface area (TPSA) is 46.6 Å². The minimum Gasteiger partial charge on any atom is -0.445 e. The molecule has 4 heteroatoms. The Hall–Kier alpha value is -1.84. The van der Waals surface area contributed by atoms with E-state index >= 15 is 0 Å². The smallest absolute Gasteiger partial charge is 0.410 e. The van der Waals surface area contributed by atoms with Crippen LogP contribution < -0.4 is 0 Å². The van der Waals surface area contributed by atoms with E-state index in [2.05, 4.69) is 13.8 Å². The number of rotatable bonds is 6. The molecule has 142 valence electrons. The molecule has 2 bridgehead atoms. The third-order valence-corrected chi connectivity index (χ3v) is 6.18. The summed E-state index contributed by atoms with van der Waals surface area (Å²) in [5.74, 6) is 0.717. The zero-order valence-corrected chi connectivity index (χ0v) is 16.0. The molecule has 0 aromatic heterocycles. The van der Waals surface area contributed by atoms with Crippen molar-refractivity contribution in [2.75, 3.05) is 0 Å². The predicted octanol–water partition coefficient (Wildman–Crippen LogP) is 4.96. The number of ether oxygens (including phenoxy) is 1. The average Bonchev–Trinajstić information content (AvgIpc) is 2.66. The van der Waals surface area contributed by atoms with E-state index in [9.17, 15) is 9.59 Å². The van der Waals surface area contributed by atoms with E-state index in [1.165, 1.54) is 0 Å². The first-order valence-corrected chi connectivity index (χ1v) is 10.2. The summed E-state index contributed by atoms with van der Waals surface area (Å²) in [7, 11) is 0. The second-order valence-electron chi connectivity index (χ2n) is 7.77. The van der Waals surface area contributed by atoms with Gasteiger partial charge in [0.2, 0.25) is 0 Å². The third-order valence-electron chi connectivity index (χ3n) is 6.18. The van der Waals surface area contributed by atoms with Crippen LogP contribution in [0.15, 0.2) is 30.3 Å². The fourth-order valence-electron chi connectivity index (χ4n) is 4.73. The molecule has 1 aromatic carbocycles. The number of Topliss-reactive ketones (excluding diaryl/α,β-unsaturated/α-hetero) is 1. The molecule has 2 atom stereocenters. The Morgan fingerprint density at radius 2 is 1.69 bits per heavy atom. The summed E-state index contributed by atoms with van der Waals surface area (Å²) in [5.41, 5.74) is 1.00. The highest BCUT2D eigenvalue weighted by Gasteiger charge is 2.44. The molecule has 0 radical (unpaired) electrons. The number of fused-ring (bicyclic) bond motifs is 2. The lowest BCUT2D eigenvalue weighted by Crippen LogP contribution is -2.56. The van der Waals surface area contributed by atoms with Crippen molar-refractivity contribution in [3.63, 3.8) is 0 Å². The van der Waals surface area contributed by atoms with Gasteiger partial charge in [-0.25, -0.2) is 4.79 Å². The van der Waals surface area contributed by atoms with Gasteiger partial charge in [-0.2, -0.15) is 0 Å². The van der Waals surface area contributed by atoms with Gasteiger partial charge in [0.05, 0.1) is 0 Å². The van der Waals surface area contributed by atoms with Gasteiger partial charge in [-0.15, -0.1) is 0 Å². The number of hydrogen-bond donors (Lipinski definition) is 0. The summed E-state index contributed by atoms with van der Waals surface area (Å²) in [5, 5.41) is 0. The van der Waals surface area contributed by atoms with Crippen LogP contribution in [0.5, 0.6) is 0 Å². The van der Waals surface area contributed by atoms with Crippen molar-refractivity contribution in [2.45, 2.75) is 77.5 Å². The first-order chi connectivity index (χ1) is 12.6. The Morgan fingerprint density at radius 3 is 2.27 bits per heavy atom. The van der Waals surface area contributed by atoms with Gasteiger partial charge in [0.15, 0.2) is 0 Å². The molecule has 26 heavy (non-hydrogen) atoms. The maximum atomic E-state index is 12.8. The fourth-order valence-corrected chi connectivity index (χ4v) is 4.73. The summed E-state index contributed by atoms with van der Waals surface area (Å²) >= 11 is 0. The van der Waals surface area contributed by atoms with E-state index in [1.807, 2.05) is 35.2 Å². The molecule has 2 aliphatic rings. The zero-order chi connectivity index (χ0) is 18.5. The highest BCUT2D eigenvalue weighted by Crippen LogP contribution is 2.39. The number of ketones is 1. The highest BCUT2D eigenvalue weighted by molar-refractivity contribution is 5.84. The molecular weight excluding hydrogens is 326 g/mol. The summed E-state index contributed by atoms with van der Waals surface area (Å²) < 4.78 is 5.59. The van der Waals surface area contributed by atoms with E-state index in [1.54, 1.807) is 0 Å². The largest absolute Gasteiger partial charge is 0.445 e. The molecule has 1 aromatic rings. The second-order valence-corrected chi connectivity index (χ2v) is 7.77. The molecule has 3 rings (SSSR count). The lowest BCUT2D eigenvalue weighted by Gasteiger charge is -2.48. The molecule has 2 saturated heterocycles. The SMILES string of the molecule is CCC(CC)C(=O)C1CC2CCCC(C1)N2C(=O)OCc1ccccc1. The predicted molar refractivity (Wildman–Crippen MR) is 102 cm³/mol. The molecular formula is C22H31NO3. The van der Waals surface area contributed by atoms with Crippen LogP contribution in [0.2, 0.25) is 0 Å². The summed E-state index contributed by atoms with van der Waals surface area (Å²) in [6.07, 6.45) is 6.38. The molecule has 2 heterocycles. The van der Waals surface area contributed by atoms with Crippen molar-refractivity contribution in [1.82, 2.24) is 4.90 Å². The van der Waals surface area contributed by atoms with E-state index in [4.69, 9.17) is 4.74 Å². The number of nitrogens with zero attached hydrogens (tertiary/aromatic N) is 1. The van der Waals surface area contributed by atoms with Crippen molar-refractivity contribution in [2.24, 2.45) is 11.8 Å². The lowest BCUT2D eigenvalue weighted by atomic mass is 9.74. The summed E-state index contributed by atoms with van der Waals surface area (Å²) in [6, 6.07) is 10.1. The Kier molecular flexibility index (Phi) is 6.33. The molecule has 0 N–H and O–H groups in total. The third kappa shape index (κ3) is 4.11. The van der Waals surface area contributed by atoms with Gasteiger partial charge in [0, 0.05) is 23.9 Å². The number of carbonyl (C=O) groups excluding carboxylic acids is 2. The lowest BCUT2D eigenvalue weighted by molar-refractivity contribution is -0.130. The number of hydrogen-bond acceptors (Lipinski definition) is 3. The summed E-state index contributed by atoms with van der Waals surface area (Å²) in [4.78, 5) is 27.5. The van der Waals surface area contributed by atoms with Gasteiger partial charge in [-0.3, -0.25) is 4.79 Å². The monoisotopic (exact) mass is 357 g/mol. The molecule has 2 unspecified atom stereocenters. The highest BCUT2D eigenvalue weighted by atomic mass is 16.6. The molecule has 0 spiro atoms. The van der Waals surface area contributed by atoms with Crippen molar-refractivity contribution >= 4 is 11.9 Å². The van der Waals surface area contributed by atoms with Crippen molar-refractivity contribution in [3.05, 3.63) is 35.9 Å². The van der Waals surface area contributed by atoms with Crippen LogP contribution in [0.3, 0.4) is 0 Å².